The van der Waals surface area contributed by atoms with Crippen LogP contribution in [0, 0.1) is 0 Å². The Kier molecular flexibility index (Phi) is 3.32. The first-order chi connectivity index (χ1) is 7.58. The molecule has 0 radical (unpaired) electrons. The van der Waals surface area contributed by atoms with Gasteiger partial charge in [0.25, 0.3) is 10.0 Å². The SMILES string of the molecule is NC1CCCC(NS(=O)(=O)c2ccco2)C1. The molecule has 1 heterocycles. The van der Waals surface area contributed by atoms with Gasteiger partial charge in [0.2, 0.25) is 5.09 Å². The van der Waals surface area contributed by atoms with Crippen LogP contribution in [0.1, 0.15) is 25.7 Å². The molecule has 90 valence electrons. The normalized spacial score (nSPS) is 26.8. The second-order valence-electron chi connectivity index (χ2n) is 4.18. The van der Waals surface area contributed by atoms with Gasteiger partial charge in [-0.2, -0.15) is 0 Å². The first-order valence-electron chi connectivity index (χ1n) is 5.39. The lowest BCUT2D eigenvalue weighted by Crippen LogP contribution is -2.42. The van der Waals surface area contributed by atoms with Gasteiger partial charge in [-0.05, 0) is 31.4 Å². The van der Waals surface area contributed by atoms with E-state index in [1.54, 1.807) is 6.07 Å². The molecule has 0 aliphatic heterocycles. The van der Waals surface area contributed by atoms with E-state index in [0.717, 1.165) is 19.3 Å². The summed E-state index contributed by atoms with van der Waals surface area (Å²) in [7, 11) is -3.51. The molecule has 2 atom stereocenters. The van der Waals surface area contributed by atoms with Crippen LogP contribution in [0.25, 0.3) is 0 Å². The molecule has 6 heteroatoms. The van der Waals surface area contributed by atoms with Gasteiger partial charge in [-0.1, -0.05) is 6.42 Å². The summed E-state index contributed by atoms with van der Waals surface area (Å²) < 4.78 is 31.2. The van der Waals surface area contributed by atoms with Crippen LogP contribution in [0.5, 0.6) is 0 Å². The summed E-state index contributed by atoms with van der Waals surface area (Å²) in [4.78, 5) is 0. The first kappa shape index (κ1) is 11.6. The second-order valence-corrected chi connectivity index (χ2v) is 5.82. The number of hydrogen-bond donors (Lipinski definition) is 2. The summed E-state index contributed by atoms with van der Waals surface area (Å²) in [6, 6.07) is 3.02. The Morgan fingerprint density at radius 3 is 2.88 bits per heavy atom. The third-order valence-electron chi connectivity index (χ3n) is 2.80. The van der Waals surface area contributed by atoms with E-state index in [0.29, 0.717) is 6.42 Å². The summed E-state index contributed by atoms with van der Waals surface area (Å²) in [5.41, 5.74) is 5.80. The molecule has 1 aliphatic rings. The van der Waals surface area contributed by atoms with Crippen LogP contribution in [-0.2, 0) is 10.0 Å². The number of rotatable bonds is 3. The predicted octanol–water partition coefficient (Wildman–Crippen LogP) is 0.828. The molecule has 1 fully saturated rings. The lowest BCUT2D eigenvalue weighted by molar-refractivity contribution is 0.365. The smallest absolute Gasteiger partial charge is 0.274 e. The quantitative estimate of drug-likeness (QED) is 0.824. The van der Waals surface area contributed by atoms with Gasteiger partial charge in [0.15, 0.2) is 0 Å². The van der Waals surface area contributed by atoms with Gasteiger partial charge in [-0.25, -0.2) is 13.1 Å². The van der Waals surface area contributed by atoms with Gasteiger partial charge < -0.3 is 10.2 Å². The minimum atomic E-state index is -3.51. The summed E-state index contributed by atoms with van der Waals surface area (Å²) in [5, 5.41) is -0.0355. The third-order valence-corrected chi connectivity index (χ3v) is 4.20. The molecule has 16 heavy (non-hydrogen) atoms. The van der Waals surface area contributed by atoms with E-state index in [1.807, 2.05) is 0 Å². The minimum absolute atomic E-state index is 0.0355. The Morgan fingerprint density at radius 2 is 2.25 bits per heavy atom. The highest BCUT2D eigenvalue weighted by Gasteiger charge is 2.26. The molecule has 0 saturated heterocycles. The van der Waals surface area contributed by atoms with Crippen LogP contribution >= 0.6 is 0 Å². The molecule has 1 saturated carbocycles. The topological polar surface area (TPSA) is 85.3 Å². The third kappa shape index (κ3) is 2.63. The Balaban J connectivity index is 2.04. The Labute approximate surface area is 95.1 Å². The van der Waals surface area contributed by atoms with Crippen molar-refractivity contribution in [2.24, 2.45) is 5.73 Å². The molecular weight excluding hydrogens is 228 g/mol. The molecule has 1 aliphatic carbocycles. The molecule has 1 aromatic rings. The number of nitrogens with two attached hydrogens (primary N) is 1. The summed E-state index contributed by atoms with van der Waals surface area (Å²) in [6.07, 6.45) is 4.82. The molecule has 0 amide bonds. The standard InChI is InChI=1S/C10H16N2O3S/c11-8-3-1-4-9(7-8)12-16(13,14)10-5-2-6-15-10/h2,5-6,8-9,12H,1,3-4,7,11H2. The van der Waals surface area contributed by atoms with Crippen molar-refractivity contribution in [3.05, 3.63) is 18.4 Å². The molecule has 1 aromatic heterocycles. The van der Waals surface area contributed by atoms with Crippen molar-refractivity contribution in [2.75, 3.05) is 0 Å². The highest BCUT2D eigenvalue weighted by Crippen LogP contribution is 2.19. The second kappa shape index (κ2) is 4.57. The minimum Gasteiger partial charge on any atom is -0.452 e. The van der Waals surface area contributed by atoms with Gasteiger partial charge >= 0.3 is 0 Å². The number of nitrogens with one attached hydrogen (secondary N) is 1. The van der Waals surface area contributed by atoms with Crippen molar-refractivity contribution in [3.63, 3.8) is 0 Å². The van der Waals surface area contributed by atoms with E-state index >= 15 is 0 Å². The average Bonchev–Trinajstić information content (AvgIpc) is 2.69. The monoisotopic (exact) mass is 244 g/mol. The van der Waals surface area contributed by atoms with Gasteiger partial charge in [-0.15, -0.1) is 0 Å². The zero-order valence-electron chi connectivity index (χ0n) is 8.93. The maximum atomic E-state index is 11.8. The van der Waals surface area contributed by atoms with Crippen LogP contribution in [0.15, 0.2) is 27.9 Å². The van der Waals surface area contributed by atoms with Crippen LogP contribution in [0.4, 0.5) is 0 Å². The average molecular weight is 244 g/mol. The predicted molar refractivity (Wildman–Crippen MR) is 59.3 cm³/mol. The first-order valence-corrected chi connectivity index (χ1v) is 6.87. The van der Waals surface area contributed by atoms with E-state index in [4.69, 9.17) is 10.2 Å². The van der Waals surface area contributed by atoms with Crippen molar-refractivity contribution in [2.45, 2.75) is 42.9 Å². The number of hydrogen-bond acceptors (Lipinski definition) is 4. The van der Waals surface area contributed by atoms with Crippen molar-refractivity contribution < 1.29 is 12.8 Å². The van der Waals surface area contributed by atoms with Crippen LogP contribution in [0.2, 0.25) is 0 Å². The van der Waals surface area contributed by atoms with Crippen molar-refractivity contribution in [1.82, 2.24) is 4.72 Å². The fourth-order valence-electron chi connectivity index (χ4n) is 2.03. The molecule has 0 bridgehead atoms. The van der Waals surface area contributed by atoms with Crippen LogP contribution in [0.3, 0.4) is 0 Å². The molecule has 0 aromatic carbocycles. The van der Waals surface area contributed by atoms with Gasteiger partial charge in [0, 0.05) is 12.1 Å². The van der Waals surface area contributed by atoms with Gasteiger partial charge in [-0.3, -0.25) is 0 Å². The van der Waals surface area contributed by atoms with Crippen LogP contribution in [-0.4, -0.2) is 20.5 Å². The van der Waals surface area contributed by atoms with Crippen LogP contribution < -0.4 is 10.5 Å². The maximum Gasteiger partial charge on any atom is 0.274 e. The van der Waals surface area contributed by atoms with Crippen molar-refractivity contribution >= 4 is 10.0 Å². The van der Waals surface area contributed by atoms with E-state index in [2.05, 4.69) is 4.72 Å². The summed E-state index contributed by atoms with van der Waals surface area (Å²) in [5.74, 6) is 0. The fraction of sp³-hybridized carbons (Fsp3) is 0.600. The van der Waals surface area contributed by atoms with Gasteiger partial charge in [0.05, 0.1) is 6.26 Å². The fourth-order valence-corrected chi connectivity index (χ4v) is 3.24. The number of furan rings is 1. The highest BCUT2D eigenvalue weighted by atomic mass is 32.2. The molecule has 2 rings (SSSR count). The van der Waals surface area contributed by atoms with Crippen molar-refractivity contribution in [1.29, 1.82) is 0 Å². The molecule has 0 spiro atoms. The highest BCUT2D eigenvalue weighted by molar-refractivity contribution is 7.89. The summed E-state index contributed by atoms with van der Waals surface area (Å²) in [6.45, 7) is 0. The van der Waals surface area contributed by atoms with Gasteiger partial charge in [0.1, 0.15) is 0 Å². The summed E-state index contributed by atoms with van der Waals surface area (Å²) >= 11 is 0. The van der Waals surface area contributed by atoms with E-state index < -0.39 is 10.0 Å². The van der Waals surface area contributed by atoms with E-state index in [-0.39, 0.29) is 17.2 Å². The Hall–Kier alpha value is -0.850. The molecular formula is C10H16N2O3S. The largest absolute Gasteiger partial charge is 0.452 e. The zero-order chi connectivity index (χ0) is 11.6. The maximum absolute atomic E-state index is 11.8. The van der Waals surface area contributed by atoms with E-state index in [1.165, 1.54) is 12.3 Å². The van der Waals surface area contributed by atoms with E-state index in [9.17, 15) is 8.42 Å². The molecule has 3 N–H and O–H groups in total. The Bertz CT molecular complexity index is 427. The number of sulfonamides is 1. The lowest BCUT2D eigenvalue weighted by Gasteiger charge is -2.26. The lowest BCUT2D eigenvalue weighted by atomic mass is 9.92. The molecule has 2 unspecified atom stereocenters. The van der Waals surface area contributed by atoms with Crippen molar-refractivity contribution in [3.8, 4) is 0 Å². The molecule has 5 nitrogen and oxygen atoms in total. The zero-order valence-corrected chi connectivity index (χ0v) is 9.74. The Morgan fingerprint density at radius 1 is 1.44 bits per heavy atom.